The molecule has 0 radical (unpaired) electrons. The summed E-state index contributed by atoms with van der Waals surface area (Å²) >= 11 is 6.21. The summed E-state index contributed by atoms with van der Waals surface area (Å²) in [6.45, 7) is 0.716. The van der Waals surface area contributed by atoms with Crippen LogP contribution in [0, 0.1) is 5.92 Å². The summed E-state index contributed by atoms with van der Waals surface area (Å²) in [4.78, 5) is 8.27. The first kappa shape index (κ1) is 15.9. The van der Waals surface area contributed by atoms with Gasteiger partial charge in [-0.2, -0.15) is 4.98 Å². The predicted octanol–water partition coefficient (Wildman–Crippen LogP) is 2.35. The zero-order chi connectivity index (χ0) is 16.4. The third kappa shape index (κ3) is 3.20. The molecule has 122 valence electrons. The van der Waals surface area contributed by atoms with Crippen molar-refractivity contribution in [3.05, 3.63) is 23.0 Å². The highest BCUT2D eigenvalue weighted by atomic mass is 35.5. The molecule has 2 aromatic heterocycles. The van der Waals surface area contributed by atoms with Gasteiger partial charge in [0.25, 0.3) is 0 Å². The van der Waals surface area contributed by atoms with Crippen molar-refractivity contribution in [3.63, 3.8) is 0 Å². The number of ether oxygens (including phenoxy) is 3. The molecule has 0 aromatic carbocycles. The van der Waals surface area contributed by atoms with Crippen LogP contribution in [-0.4, -0.2) is 48.1 Å². The van der Waals surface area contributed by atoms with Crippen molar-refractivity contribution in [3.8, 4) is 23.1 Å². The van der Waals surface area contributed by atoms with E-state index in [9.17, 15) is 0 Å². The van der Waals surface area contributed by atoms with Crippen LogP contribution in [0.25, 0.3) is 11.3 Å². The van der Waals surface area contributed by atoms with Gasteiger partial charge >= 0.3 is 6.01 Å². The Morgan fingerprint density at radius 2 is 2.04 bits per heavy atom. The highest BCUT2D eigenvalue weighted by molar-refractivity contribution is 6.30. The Kier molecular flexibility index (Phi) is 4.58. The smallest absolute Gasteiger partial charge is 0.319 e. The van der Waals surface area contributed by atoms with E-state index in [1.807, 2.05) is 6.07 Å². The zero-order valence-corrected chi connectivity index (χ0v) is 13.9. The Hall–Kier alpha value is -1.99. The second kappa shape index (κ2) is 6.64. The Bertz CT molecular complexity index is 713. The molecule has 7 nitrogen and oxygen atoms in total. The Morgan fingerprint density at radius 3 is 2.74 bits per heavy atom. The van der Waals surface area contributed by atoms with Crippen molar-refractivity contribution in [2.45, 2.75) is 12.3 Å². The van der Waals surface area contributed by atoms with E-state index < -0.39 is 0 Å². The lowest BCUT2D eigenvalue weighted by atomic mass is 10.1. The van der Waals surface area contributed by atoms with Crippen LogP contribution < -0.4 is 9.47 Å². The van der Waals surface area contributed by atoms with Crippen LogP contribution in [0.3, 0.4) is 0 Å². The van der Waals surface area contributed by atoms with E-state index >= 15 is 0 Å². The minimum absolute atomic E-state index is 0.232. The van der Waals surface area contributed by atoms with Gasteiger partial charge in [-0.15, -0.1) is 10.2 Å². The Labute approximate surface area is 139 Å². The predicted molar refractivity (Wildman–Crippen MR) is 83.9 cm³/mol. The molecule has 3 rings (SSSR count). The first-order valence-electron chi connectivity index (χ1n) is 7.15. The summed E-state index contributed by atoms with van der Waals surface area (Å²) in [6, 6.07) is 2.15. The number of nitrogens with zero attached hydrogens (tertiary/aromatic N) is 4. The Balaban J connectivity index is 1.95. The van der Waals surface area contributed by atoms with Crippen LogP contribution in [0.4, 0.5) is 0 Å². The molecule has 0 amide bonds. The third-order valence-corrected chi connectivity index (χ3v) is 4.16. The fourth-order valence-electron chi connectivity index (χ4n) is 2.59. The highest BCUT2D eigenvalue weighted by Crippen LogP contribution is 2.49. The first-order valence-corrected chi connectivity index (χ1v) is 7.53. The quantitative estimate of drug-likeness (QED) is 0.801. The maximum Gasteiger partial charge on any atom is 0.319 e. The van der Waals surface area contributed by atoms with Gasteiger partial charge in [-0.05, 0) is 29.9 Å². The Morgan fingerprint density at radius 1 is 1.22 bits per heavy atom. The van der Waals surface area contributed by atoms with E-state index in [2.05, 4.69) is 20.2 Å². The van der Waals surface area contributed by atoms with Gasteiger partial charge in [0, 0.05) is 19.9 Å². The van der Waals surface area contributed by atoms with E-state index in [4.69, 9.17) is 25.8 Å². The van der Waals surface area contributed by atoms with E-state index in [0.29, 0.717) is 40.7 Å². The second-order valence-corrected chi connectivity index (χ2v) is 5.67. The van der Waals surface area contributed by atoms with E-state index in [-0.39, 0.29) is 6.01 Å². The normalized spacial score (nSPS) is 19.5. The van der Waals surface area contributed by atoms with Gasteiger partial charge < -0.3 is 14.2 Å². The minimum Gasteiger partial charge on any atom is -0.480 e. The van der Waals surface area contributed by atoms with E-state index in [1.165, 1.54) is 14.2 Å². The number of hydrogen-bond donors (Lipinski definition) is 0. The summed E-state index contributed by atoms with van der Waals surface area (Å²) < 4.78 is 15.5. The zero-order valence-electron chi connectivity index (χ0n) is 13.1. The topological polar surface area (TPSA) is 79.2 Å². The fourth-order valence-corrected chi connectivity index (χ4v) is 2.82. The van der Waals surface area contributed by atoms with Gasteiger partial charge in [-0.1, -0.05) is 11.6 Å². The van der Waals surface area contributed by atoms with Gasteiger partial charge in [0.15, 0.2) is 5.15 Å². The minimum atomic E-state index is 0.232. The molecule has 0 unspecified atom stereocenters. The summed E-state index contributed by atoms with van der Waals surface area (Å²) in [6.07, 6.45) is 2.64. The average Bonchev–Trinajstić information content (AvgIpc) is 3.34. The van der Waals surface area contributed by atoms with Crippen molar-refractivity contribution < 1.29 is 14.2 Å². The molecule has 23 heavy (non-hydrogen) atoms. The molecule has 1 saturated carbocycles. The molecular weight excluding hydrogens is 320 g/mol. The van der Waals surface area contributed by atoms with Crippen molar-refractivity contribution in [1.82, 2.24) is 20.2 Å². The number of hydrogen-bond acceptors (Lipinski definition) is 7. The van der Waals surface area contributed by atoms with Crippen LogP contribution in [0.15, 0.2) is 12.3 Å². The lowest BCUT2D eigenvalue weighted by molar-refractivity contribution is 0.184. The van der Waals surface area contributed by atoms with E-state index in [0.717, 1.165) is 12.0 Å². The molecule has 0 N–H and O–H groups in total. The molecule has 1 aliphatic carbocycles. The largest absolute Gasteiger partial charge is 0.480 e. The van der Waals surface area contributed by atoms with Gasteiger partial charge in [0.1, 0.15) is 5.69 Å². The summed E-state index contributed by atoms with van der Waals surface area (Å²) in [5.74, 6) is 1.20. The van der Waals surface area contributed by atoms with E-state index in [1.54, 1.807) is 13.3 Å². The van der Waals surface area contributed by atoms with Gasteiger partial charge in [-0.3, -0.25) is 0 Å². The molecule has 0 aliphatic heterocycles. The second-order valence-electron chi connectivity index (χ2n) is 5.31. The maximum atomic E-state index is 6.21. The molecule has 2 atom stereocenters. The lowest BCUT2D eigenvalue weighted by Gasteiger charge is -2.09. The number of methoxy groups -OCH3 is 3. The SMILES string of the molecule is COC[C@H]1C[C@@H]1c1cc(-c2cnc(OC)nc2OC)nnc1Cl. The van der Waals surface area contributed by atoms with Crippen molar-refractivity contribution in [2.75, 3.05) is 27.9 Å². The fraction of sp³-hybridized carbons (Fsp3) is 0.467. The molecule has 1 aliphatic rings. The standard InChI is InChI=1S/C15H17ClN4O3/c1-21-7-8-4-9(8)10-5-12(19-20-13(10)16)11-6-17-15(23-3)18-14(11)22-2/h5-6,8-9H,4,7H2,1-3H3/t8-,9+/m1/s1. The number of aromatic nitrogens is 4. The lowest BCUT2D eigenvalue weighted by Crippen LogP contribution is -2.01. The van der Waals surface area contributed by atoms with Gasteiger partial charge in [-0.25, -0.2) is 4.98 Å². The van der Waals surface area contributed by atoms with Crippen molar-refractivity contribution in [2.24, 2.45) is 5.92 Å². The maximum absolute atomic E-state index is 6.21. The highest BCUT2D eigenvalue weighted by Gasteiger charge is 2.40. The van der Waals surface area contributed by atoms with Crippen LogP contribution in [0.5, 0.6) is 11.9 Å². The monoisotopic (exact) mass is 336 g/mol. The molecular formula is C15H17ClN4O3. The van der Waals surface area contributed by atoms with Gasteiger partial charge in [0.05, 0.1) is 19.8 Å². The molecule has 8 heteroatoms. The molecule has 0 spiro atoms. The van der Waals surface area contributed by atoms with Gasteiger partial charge in [0.2, 0.25) is 5.88 Å². The number of halogens is 1. The molecule has 0 saturated heterocycles. The van der Waals surface area contributed by atoms with Crippen molar-refractivity contribution >= 4 is 11.6 Å². The van der Waals surface area contributed by atoms with Crippen LogP contribution in [-0.2, 0) is 4.74 Å². The average molecular weight is 337 g/mol. The molecule has 2 aromatic rings. The molecule has 1 fully saturated rings. The van der Waals surface area contributed by atoms with Crippen LogP contribution in [0.2, 0.25) is 5.15 Å². The third-order valence-electron chi connectivity index (χ3n) is 3.86. The summed E-state index contributed by atoms with van der Waals surface area (Å²) in [5.41, 5.74) is 2.23. The number of rotatable bonds is 6. The summed E-state index contributed by atoms with van der Waals surface area (Å²) in [7, 11) is 4.73. The summed E-state index contributed by atoms with van der Waals surface area (Å²) in [5, 5.41) is 8.62. The molecule has 2 heterocycles. The van der Waals surface area contributed by atoms with Crippen molar-refractivity contribution in [1.29, 1.82) is 0 Å². The van der Waals surface area contributed by atoms with Crippen LogP contribution >= 0.6 is 11.6 Å². The molecule has 0 bridgehead atoms. The van der Waals surface area contributed by atoms with Crippen LogP contribution in [0.1, 0.15) is 17.9 Å². The first-order chi connectivity index (χ1) is 11.2.